The van der Waals surface area contributed by atoms with Gasteiger partial charge in [-0.3, -0.25) is 4.79 Å². The van der Waals surface area contributed by atoms with Crippen molar-refractivity contribution in [1.82, 2.24) is 10.2 Å². The normalized spacial score (nSPS) is 24.8. The monoisotopic (exact) mass is 294 g/mol. The fourth-order valence-corrected chi connectivity index (χ4v) is 4.43. The van der Waals surface area contributed by atoms with Crippen molar-refractivity contribution in [3.05, 3.63) is 0 Å². The molecule has 1 amide bonds. The second-order valence-corrected chi connectivity index (χ2v) is 7.28. The summed E-state index contributed by atoms with van der Waals surface area (Å²) < 4.78 is 0. The summed E-state index contributed by atoms with van der Waals surface area (Å²) in [6, 6.07) is 0. The average Bonchev–Trinajstić information content (AvgIpc) is 2.55. The Kier molecular flexibility index (Phi) is 5.70. The largest absolute Gasteiger partial charge is 0.342 e. The van der Waals surface area contributed by atoms with E-state index in [1.54, 1.807) is 0 Å². The van der Waals surface area contributed by atoms with Gasteiger partial charge in [0.25, 0.3) is 0 Å². The molecule has 0 unspecified atom stereocenters. The summed E-state index contributed by atoms with van der Waals surface area (Å²) in [4.78, 5) is 15.3. The van der Waals surface area contributed by atoms with Gasteiger partial charge >= 0.3 is 0 Å². The van der Waals surface area contributed by atoms with Crippen LogP contribution < -0.4 is 5.32 Å². The third kappa shape index (κ3) is 3.44. The zero-order chi connectivity index (χ0) is 15.3. The third-order valence-electron chi connectivity index (χ3n) is 6.35. The van der Waals surface area contributed by atoms with Crippen LogP contribution in [0.3, 0.4) is 0 Å². The molecule has 21 heavy (non-hydrogen) atoms. The second kappa shape index (κ2) is 7.13. The minimum Gasteiger partial charge on any atom is -0.342 e. The Morgan fingerprint density at radius 3 is 2.05 bits per heavy atom. The van der Waals surface area contributed by atoms with Crippen LogP contribution in [0.4, 0.5) is 0 Å². The van der Waals surface area contributed by atoms with E-state index >= 15 is 0 Å². The molecule has 2 aliphatic heterocycles. The number of carbonyl (C=O) groups is 1. The third-order valence-corrected chi connectivity index (χ3v) is 6.35. The summed E-state index contributed by atoms with van der Waals surface area (Å²) in [5, 5.41) is 3.42. The summed E-state index contributed by atoms with van der Waals surface area (Å²) in [5.74, 6) is 0.464. The van der Waals surface area contributed by atoms with Gasteiger partial charge in [0, 0.05) is 13.1 Å². The summed E-state index contributed by atoms with van der Waals surface area (Å²) in [6.07, 6.45) is 9.17. The van der Waals surface area contributed by atoms with Gasteiger partial charge in [0.2, 0.25) is 5.91 Å². The molecule has 0 aromatic heterocycles. The number of carbonyl (C=O) groups excluding carboxylic acids is 1. The molecule has 2 saturated heterocycles. The van der Waals surface area contributed by atoms with Crippen LogP contribution in [0.5, 0.6) is 0 Å². The molecule has 3 nitrogen and oxygen atoms in total. The minimum absolute atomic E-state index is 0.0571. The highest BCUT2D eigenvalue weighted by atomic mass is 16.2. The Bertz CT molecular complexity index is 328. The van der Waals surface area contributed by atoms with Crippen LogP contribution in [0.15, 0.2) is 0 Å². The predicted octanol–water partition coefficient (Wildman–Crippen LogP) is 3.59. The molecule has 2 rings (SSSR count). The van der Waals surface area contributed by atoms with Crippen molar-refractivity contribution in [2.45, 2.75) is 72.1 Å². The van der Waals surface area contributed by atoms with Gasteiger partial charge in [-0.05, 0) is 50.6 Å². The molecule has 2 fully saturated rings. The van der Waals surface area contributed by atoms with Gasteiger partial charge in [-0.15, -0.1) is 0 Å². The van der Waals surface area contributed by atoms with E-state index in [1.165, 1.54) is 25.7 Å². The molecule has 3 heteroatoms. The van der Waals surface area contributed by atoms with Gasteiger partial charge in [-0.25, -0.2) is 0 Å². The van der Waals surface area contributed by atoms with Gasteiger partial charge < -0.3 is 10.2 Å². The Balaban J connectivity index is 2.02. The Morgan fingerprint density at radius 1 is 1.00 bits per heavy atom. The molecule has 0 radical (unpaired) electrons. The smallest absolute Gasteiger partial charge is 0.228 e. The summed E-state index contributed by atoms with van der Waals surface area (Å²) >= 11 is 0. The molecule has 0 aromatic carbocycles. The fraction of sp³-hybridized carbons (Fsp3) is 0.944. The maximum absolute atomic E-state index is 13.2. The van der Waals surface area contributed by atoms with Crippen LogP contribution in [-0.2, 0) is 4.79 Å². The number of hydrogen-bond donors (Lipinski definition) is 1. The molecule has 0 bridgehead atoms. The molecule has 1 N–H and O–H groups in total. The van der Waals surface area contributed by atoms with E-state index in [4.69, 9.17) is 0 Å². The lowest BCUT2D eigenvalue weighted by Crippen LogP contribution is -2.52. The van der Waals surface area contributed by atoms with Crippen molar-refractivity contribution in [3.63, 3.8) is 0 Å². The summed E-state index contributed by atoms with van der Waals surface area (Å²) in [7, 11) is 0. The van der Waals surface area contributed by atoms with E-state index in [0.717, 1.165) is 51.9 Å². The number of rotatable bonds is 5. The number of amides is 1. The predicted molar refractivity (Wildman–Crippen MR) is 88.3 cm³/mol. The van der Waals surface area contributed by atoms with Crippen LogP contribution in [-0.4, -0.2) is 37.0 Å². The average molecular weight is 294 g/mol. The highest BCUT2D eigenvalue weighted by Crippen LogP contribution is 2.41. The van der Waals surface area contributed by atoms with E-state index in [1.807, 2.05) is 0 Å². The van der Waals surface area contributed by atoms with Crippen molar-refractivity contribution >= 4 is 5.91 Å². The first-order valence-corrected chi connectivity index (χ1v) is 9.11. The fourth-order valence-electron chi connectivity index (χ4n) is 4.43. The van der Waals surface area contributed by atoms with Crippen molar-refractivity contribution < 1.29 is 4.79 Å². The molecular formula is C18H34N2O. The summed E-state index contributed by atoms with van der Waals surface area (Å²) in [6.45, 7) is 10.8. The Labute approximate surface area is 130 Å². The quantitative estimate of drug-likeness (QED) is 0.840. The van der Waals surface area contributed by atoms with Crippen LogP contribution in [0, 0.1) is 10.8 Å². The molecular weight excluding hydrogens is 260 g/mol. The van der Waals surface area contributed by atoms with Gasteiger partial charge in [0.1, 0.15) is 0 Å². The first-order valence-electron chi connectivity index (χ1n) is 9.11. The molecule has 122 valence electrons. The Hall–Kier alpha value is -0.570. The van der Waals surface area contributed by atoms with E-state index in [9.17, 15) is 4.79 Å². The highest BCUT2D eigenvalue weighted by molar-refractivity contribution is 5.83. The van der Waals surface area contributed by atoms with E-state index in [0.29, 0.717) is 11.3 Å². The number of hydrogen-bond acceptors (Lipinski definition) is 2. The molecule has 0 aromatic rings. The zero-order valence-electron chi connectivity index (χ0n) is 14.3. The molecule has 0 atom stereocenters. The summed E-state index contributed by atoms with van der Waals surface area (Å²) in [5.41, 5.74) is 0.446. The maximum atomic E-state index is 13.2. The van der Waals surface area contributed by atoms with Crippen LogP contribution in [0.25, 0.3) is 0 Å². The lowest BCUT2D eigenvalue weighted by atomic mass is 9.71. The van der Waals surface area contributed by atoms with E-state index in [2.05, 4.69) is 31.0 Å². The second-order valence-electron chi connectivity index (χ2n) is 7.28. The number of likely N-dealkylation sites (tertiary alicyclic amines) is 1. The van der Waals surface area contributed by atoms with Crippen molar-refractivity contribution in [2.24, 2.45) is 10.8 Å². The van der Waals surface area contributed by atoms with E-state index < -0.39 is 0 Å². The van der Waals surface area contributed by atoms with Crippen molar-refractivity contribution in [3.8, 4) is 0 Å². The van der Waals surface area contributed by atoms with Gasteiger partial charge in [-0.2, -0.15) is 0 Å². The standard InChI is InChI=1S/C18H34N2O/c1-4-7-18(8-12-19-13-9-18)16(21)20-14-10-17(5-2,6-3)11-15-20/h19H,4-15H2,1-3H3. The zero-order valence-corrected chi connectivity index (χ0v) is 14.3. The minimum atomic E-state index is -0.0571. The lowest BCUT2D eigenvalue weighted by Gasteiger charge is -2.45. The van der Waals surface area contributed by atoms with Crippen LogP contribution in [0.1, 0.15) is 72.1 Å². The molecule has 0 aliphatic carbocycles. The van der Waals surface area contributed by atoms with Crippen molar-refractivity contribution in [1.29, 1.82) is 0 Å². The van der Waals surface area contributed by atoms with Crippen LogP contribution >= 0.6 is 0 Å². The SMILES string of the molecule is CCCC1(C(=O)N2CCC(CC)(CC)CC2)CCNCC1. The van der Waals surface area contributed by atoms with Gasteiger partial charge in [0.05, 0.1) is 5.41 Å². The Morgan fingerprint density at radius 2 is 1.57 bits per heavy atom. The molecule has 2 heterocycles. The molecule has 0 saturated carbocycles. The topological polar surface area (TPSA) is 32.3 Å². The van der Waals surface area contributed by atoms with E-state index in [-0.39, 0.29) is 5.41 Å². The van der Waals surface area contributed by atoms with Crippen LogP contribution in [0.2, 0.25) is 0 Å². The molecule has 0 spiro atoms. The van der Waals surface area contributed by atoms with Crippen molar-refractivity contribution in [2.75, 3.05) is 26.2 Å². The lowest BCUT2D eigenvalue weighted by molar-refractivity contribution is -0.147. The number of piperidine rings is 2. The van der Waals surface area contributed by atoms with Gasteiger partial charge in [-0.1, -0.05) is 40.0 Å². The number of nitrogens with one attached hydrogen (secondary N) is 1. The first kappa shape index (κ1) is 16.8. The maximum Gasteiger partial charge on any atom is 0.228 e. The highest BCUT2D eigenvalue weighted by Gasteiger charge is 2.43. The first-order chi connectivity index (χ1) is 10.1. The molecule has 2 aliphatic rings. The number of nitrogens with zero attached hydrogens (tertiary/aromatic N) is 1. The van der Waals surface area contributed by atoms with Gasteiger partial charge in [0.15, 0.2) is 0 Å².